The maximum atomic E-state index is 12.1. The van der Waals surface area contributed by atoms with Gasteiger partial charge in [0.25, 0.3) is 5.91 Å². The van der Waals surface area contributed by atoms with Crippen molar-refractivity contribution in [2.45, 2.75) is 6.42 Å². The van der Waals surface area contributed by atoms with Gasteiger partial charge in [-0.25, -0.2) is 4.98 Å². The summed E-state index contributed by atoms with van der Waals surface area (Å²) in [6, 6.07) is 13.2. The molecule has 0 aliphatic heterocycles. The molecule has 0 saturated heterocycles. The summed E-state index contributed by atoms with van der Waals surface area (Å²) in [6.07, 6.45) is 2.46. The van der Waals surface area contributed by atoms with E-state index in [9.17, 15) is 4.79 Å². The SMILES string of the molecule is O=C(NCCc1ccc(Cl)cc1)c1csc(-c2ccccn2)n1. The van der Waals surface area contributed by atoms with Gasteiger partial charge < -0.3 is 5.32 Å². The summed E-state index contributed by atoms with van der Waals surface area (Å²) >= 11 is 7.26. The van der Waals surface area contributed by atoms with Gasteiger partial charge in [-0.3, -0.25) is 9.78 Å². The van der Waals surface area contributed by atoms with Gasteiger partial charge in [0.05, 0.1) is 5.69 Å². The molecule has 4 nitrogen and oxygen atoms in total. The first-order chi connectivity index (χ1) is 11.2. The molecule has 0 fully saturated rings. The van der Waals surface area contributed by atoms with Gasteiger partial charge >= 0.3 is 0 Å². The number of hydrogen-bond acceptors (Lipinski definition) is 4. The summed E-state index contributed by atoms with van der Waals surface area (Å²) in [7, 11) is 0. The Labute approximate surface area is 143 Å². The van der Waals surface area contributed by atoms with E-state index in [1.54, 1.807) is 11.6 Å². The Morgan fingerprint density at radius 1 is 1.17 bits per heavy atom. The molecule has 6 heteroatoms. The van der Waals surface area contributed by atoms with Gasteiger partial charge in [-0.2, -0.15) is 0 Å². The summed E-state index contributed by atoms with van der Waals surface area (Å²) in [5, 5.41) is 6.08. The van der Waals surface area contributed by atoms with E-state index in [4.69, 9.17) is 11.6 Å². The lowest BCUT2D eigenvalue weighted by Crippen LogP contribution is -2.25. The molecular formula is C17H14ClN3OS. The topological polar surface area (TPSA) is 54.9 Å². The number of rotatable bonds is 5. The average molecular weight is 344 g/mol. The Bertz CT molecular complexity index is 787. The highest BCUT2D eigenvalue weighted by atomic mass is 35.5. The van der Waals surface area contributed by atoms with E-state index in [-0.39, 0.29) is 5.91 Å². The van der Waals surface area contributed by atoms with Crippen molar-refractivity contribution in [1.29, 1.82) is 0 Å². The van der Waals surface area contributed by atoms with Gasteiger partial charge in [-0.05, 0) is 36.2 Å². The summed E-state index contributed by atoms with van der Waals surface area (Å²) < 4.78 is 0. The molecule has 0 aliphatic carbocycles. The second kappa shape index (κ2) is 7.35. The minimum atomic E-state index is -0.169. The zero-order valence-electron chi connectivity index (χ0n) is 12.2. The summed E-state index contributed by atoms with van der Waals surface area (Å²) in [4.78, 5) is 20.7. The summed E-state index contributed by atoms with van der Waals surface area (Å²) in [6.45, 7) is 0.552. The van der Waals surface area contributed by atoms with Crippen molar-refractivity contribution in [3.63, 3.8) is 0 Å². The van der Waals surface area contributed by atoms with E-state index < -0.39 is 0 Å². The molecule has 0 radical (unpaired) electrons. The molecule has 2 aromatic heterocycles. The molecule has 116 valence electrons. The summed E-state index contributed by atoms with van der Waals surface area (Å²) in [5.41, 5.74) is 2.33. The van der Waals surface area contributed by atoms with Gasteiger partial charge in [-0.1, -0.05) is 29.8 Å². The quantitative estimate of drug-likeness (QED) is 0.766. The number of nitrogens with zero attached hydrogens (tertiary/aromatic N) is 2. The van der Waals surface area contributed by atoms with Crippen LogP contribution in [0.5, 0.6) is 0 Å². The number of amides is 1. The standard InChI is InChI=1S/C17H14ClN3OS/c18-13-6-4-12(5-7-13)8-10-20-16(22)15-11-23-17(21-15)14-3-1-2-9-19-14/h1-7,9,11H,8,10H2,(H,20,22). The molecule has 23 heavy (non-hydrogen) atoms. The van der Waals surface area contributed by atoms with Crippen LogP contribution in [0.1, 0.15) is 16.1 Å². The average Bonchev–Trinajstić information content (AvgIpc) is 3.07. The van der Waals surface area contributed by atoms with Crippen molar-refractivity contribution in [3.8, 4) is 10.7 Å². The molecule has 0 aliphatic rings. The molecule has 3 aromatic rings. The number of halogens is 1. The predicted octanol–water partition coefficient (Wildman–Crippen LogP) is 3.83. The van der Waals surface area contributed by atoms with Crippen molar-refractivity contribution < 1.29 is 4.79 Å². The maximum absolute atomic E-state index is 12.1. The van der Waals surface area contributed by atoms with Crippen molar-refractivity contribution in [3.05, 3.63) is 70.3 Å². The first kappa shape index (κ1) is 15.6. The van der Waals surface area contributed by atoms with Crippen molar-refractivity contribution in [2.24, 2.45) is 0 Å². The Morgan fingerprint density at radius 3 is 2.74 bits per heavy atom. The van der Waals surface area contributed by atoms with Gasteiger partial charge in [0.15, 0.2) is 0 Å². The largest absolute Gasteiger partial charge is 0.350 e. The van der Waals surface area contributed by atoms with E-state index in [1.165, 1.54) is 11.3 Å². The third kappa shape index (κ3) is 4.15. The van der Waals surface area contributed by atoms with Crippen molar-refractivity contribution in [2.75, 3.05) is 6.54 Å². The van der Waals surface area contributed by atoms with Gasteiger partial charge in [0.1, 0.15) is 10.7 Å². The zero-order valence-corrected chi connectivity index (χ0v) is 13.8. The lowest BCUT2D eigenvalue weighted by atomic mass is 10.1. The molecule has 3 rings (SSSR count). The minimum absolute atomic E-state index is 0.169. The van der Waals surface area contributed by atoms with Crippen LogP contribution in [0.2, 0.25) is 5.02 Å². The third-order valence-corrected chi connectivity index (χ3v) is 4.35. The molecule has 0 saturated carbocycles. The van der Waals surface area contributed by atoms with Gasteiger partial charge in [0.2, 0.25) is 0 Å². The van der Waals surface area contributed by atoms with Crippen LogP contribution < -0.4 is 5.32 Å². The maximum Gasteiger partial charge on any atom is 0.270 e. The fourth-order valence-electron chi connectivity index (χ4n) is 2.05. The van der Waals surface area contributed by atoms with Crippen LogP contribution in [0.15, 0.2) is 54.0 Å². The second-order valence-electron chi connectivity index (χ2n) is 4.89. The highest BCUT2D eigenvalue weighted by Gasteiger charge is 2.11. The Balaban J connectivity index is 1.56. The third-order valence-electron chi connectivity index (χ3n) is 3.23. The lowest BCUT2D eigenvalue weighted by molar-refractivity contribution is 0.0950. The number of thiazole rings is 1. The van der Waals surface area contributed by atoms with Crippen LogP contribution in [0, 0.1) is 0 Å². The van der Waals surface area contributed by atoms with Crippen LogP contribution in [0.3, 0.4) is 0 Å². The van der Waals surface area contributed by atoms with E-state index in [2.05, 4.69) is 15.3 Å². The number of carbonyl (C=O) groups excluding carboxylic acids is 1. The smallest absolute Gasteiger partial charge is 0.270 e. The van der Waals surface area contributed by atoms with Crippen molar-refractivity contribution >= 4 is 28.8 Å². The molecule has 0 atom stereocenters. The number of hydrogen-bond donors (Lipinski definition) is 1. The Kier molecular flexibility index (Phi) is 5.00. The molecule has 2 heterocycles. The Hall–Kier alpha value is -2.24. The number of nitrogens with one attached hydrogen (secondary N) is 1. The number of pyridine rings is 1. The monoisotopic (exact) mass is 343 g/mol. The number of carbonyl (C=O) groups is 1. The first-order valence-corrected chi connectivity index (χ1v) is 8.38. The van der Waals surface area contributed by atoms with Crippen LogP contribution in [0.25, 0.3) is 10.7 Å². The number of aromatic nitrogens is 2. The van der Waals surface area contributed by atoms with E-state index in [0.29, 0.717) is 17.3 Å². The second-order valence-corrected chi connectivity index (χ2v) is 6.18. The lowest BCUT2D eigenvalue weighted by Gasteiger charge is -2.03. The molecule has 1 amide bonds. The predicted molar refractivity (Wildman–Crippen MR) is 92.8 cm³/mol. The first-order valence-electron chi connectivity index (χ1n) is 7.12. The molecule has 0 bridgehead atoms. The van der Waals surface area contributed by atoms with Gasteiger partial charge in [-0.15, -0.1) is 11.3 Å². The minimum Gasteiger partial charge on any atom is -0.350 e. The zero-order chi connectivity index (χ0) is 16.1. The molecule has 0 unspecified atom stereocenters. The van der Waals surface area contributed by atoms with E-state index >= 15 is 0 Å². The fraction of sp³-hybridized carbons (Fsp3) is 0.118. The highest BCUT2D eigenvalue weighted by molar-refractivity contribution is 7.13. The Morgan fingerprint density at radius 2 is 2.00 bits per heavy atom. The van der Waals surface area contributed by atoms with Crippen LogP contribution in [-0.4, -0.2) is 22.4 Å². The normalized spacial score (nSPS) is 10.5. The summed E-state index contributed by atoms with van der Waals surface area (Å²) in [5.74, 6) is -0.169. The highest BCUT2D eigenvalue weighted by Crippen LogP contribution is 2.21. The van der Waals surface area contributed by atoms with Crippen LogP contribution in [0.4, 0.5) is 0 Å². The fourth-order valence-corrected chi connectivity index (χ4v) is 2.95. The van der Waals surface area contributed by atoms with Crippen LogP contribution in [-0.2, 0) is 6.42 Å². The molecular weight excluding hydrogens is 330 g/mol. The van der Waals surface area contributed by atoms with Crippen molar-refractivity contribution in [1.82, 2.24) is 15.3 Å². The van der Waals surface area contributed by atoms with Gasteiger partial charge in [0, 0.05) is 23.1 Å². The molecule has 1 N–H and O–H groups in total. The molecule has 1 aromatic carbocycles. The van der Waals surface area contributed by atoms with E-state index in [0.717, 1.165) is 22.7 Å². The number of benzene rings is 1. The van der Waals surface area contributed by atoms with E-state index in [1.807, 2.05) is 42.5 Å². The molecule has 0 spiro atoms. The van der Waals surface area contributed by atoms with Crippen LogP contribution >= 0.6 is 22.9 Å².